The van der Waals surface area contributed by atoms with Gasteiger partial charge in [0.2, 0.25) is 11.6 Å². The maximum absolute atomic E-state index is 14.1. The van der Waals surface area contributed by atoms with Gasteiger partial charge in [-0.1, -0.05) is 6.07 Å². The zero-order valence-electron chi connectivity index (χ0n) is 22.1. The molecule has 10 nitrogen and oxygen atoms in total. The number of aryl methyl sites for hydroxylation is 1. The Morgan fingerprint density at radius 3 is 2.11 bits per heavy atom. The molecule has 4 rings (SSSR count). The van der Waals surface area contributed by atoms with Gasteiger partial charge in [-0.25, -0.2) is 0 Å². The molecule has 0 fully saturated rings. The first-order valence-corrected chi connectivity index (χ1v) is 11.6. The zero-order valence-corrected chi connectivity index (χ0v) is 22.1. The second-order valence-electron chi connectivity index (χ2n) is 8.53. The summed E-state index contributed by atoms with van der Waals surface area (Å²) in [6.45, 7) is 2.06. The zero-order chi connectivity index (χ0) is 27.6. The molecule has 0 saturated carbocycles. The Kier molecular flexibility index (Phi) is 7.39. The molecule has 0 amide bonds. The molecule has 1 aliphatic rings. The molecule has 1 atom stereocenters. The van der Waals surface area contributed by atoms with Crippen molar-refractivity contribution < 1.29 is 28.4 Å². The van der Waals surface area contributed by atoms with E-state index in [0.29, 0.717) is 40.0 Å². The molecular formula is C28H29N3O7. The number of nitrogens with zero attached hydrogens (tertiary/aromatic N) is 2. The van der Waals surface area contributed by atoms with E-state index in [0.717, 1.165) is 5.56 Å². The number of aromatic nitrogens is 1. The molecular weight excluding hydrogens is 490 g/mol. The fourth-order valence-electron chi connectivity index (χ4n) is 4.65. The van der Waals surface area contributed by atoms with Crippen molar-refractivity contribution in [1.29, 1.82) is 5.26 Å². The first-order valence-electron chi connectivity index (χ1n) is 11.6. The topological polar surface area (TPSA) is 127 Å². The van der Waals surface area contributed by atoms with Gasteiger partial charge in [-0.15, -0.1) is 0 Å². The molecule has 38 heavy (non-hydrogen) atoms. The monoisotopic (exact) mass is 519 g/mol. The highest BCUT2D eigenvalue weighted by Crippen LogP contribution is 2.46. The van der Waals surface area contributed by atoms with Gasteiger partial charge in [0.05, 0.1) is 53.6 Å². The van der Waals surface area contributed by atoms with E-state index in [2.05, 4.69) is 6.07 Å². The molecule has 1 aromatic heterocycles. The van der Waals surface area contributed by atoms with Crippen LogP contribution in [0.4, 0.5) is 0 Å². The van der Waals surface area contributed by atoms with Crippen LogP contribution >= 0.6 is 0 Å². The fraction of sp³-hybridized carbons (Fsp3) is 0.286. The predicted octanol–water partition coefficient (Wildman–Crippen LogP) is 3.47. The van der Waals surface area contributed by atoms with Gasteiger partial charge in [0, 0.05) is 11.8 Å². The van der Waals surface area contributed by atoms with Gasteiger partial charge in [0.25, 0.3) is 5.56 Å². The minimum Gasteiger partial charge on any atom is -0.493 e. The molecule has 3 aromatic rings. The number of hydrogen-bond acceptors (Lipinski definition) is 9. The summed E-state index contributed by atoms with van der Waals surface area (Å²) in [5.41, 5.74) is 8.25. The van der Waals surface area contributed by atoms with Gasteiger partial charge in [0.1, 0.15) is 17.4 Å². The van der Waals surface area contributed by atoms with E-state index in [9.17, 15) is 10.1 Å². The second kappa shape index (κ2) is 10.7. The summed E-state index contributed by atoms with van der Waals surface area (Å²) in [5.74, 6) is 1.66. The Balaban J connectivity index is 1.93. The number of hydrogen-bond donors (Lipinski definition) is 1. The third-order valence-electron chi connectivity index (χ3n) is 6.50. The second-order valence-corrected chi connectivity index (χ2v) is 8.53. The molecule has 0 saturated heterocycles. The van der Waals surface area contributed by atoms with Crippen LogP contribution in [0.2, 0.25) is 0 Å². The Bertz CT molecular complexity index is 1490. The van der Waals surface area contributed by atoms with Crippen molar-refractivity contribution in [2.45, 2.75) is 19.4 Å². The van der Waals surface area contributed by atoms with Gasteiger partial charge >= 0.3 is 0 Å². The molecule has 0 bridgehead atoms. The normalized spacial score (nSPS) is 14.2. The van der Waals surface area contributed by atoms with E-state index >= 15 is 0 Å². The summed E-state index contributed by atoms with van der Waals surface area (Å²) in [6, 6.07) is 12.7. The number of benzene rings is 2. The highest BCUT2D eigenvalue weighted by atomic mass is 16.5. The Labute approximate surface area is 220 Å². The first kappa shape index (κ1) is 26.3. The maximum Gasteiger partial charge on any atom is 0.259 e. The maximum atomic E-state index is 14.1. The number of nitrogens with two attached hydrogens (primary N) is 1. The molecule has 0 aliphatic carbocycles. The first-order chi connectivity index (χ1) is 18.3. The van der Waals surface area contributed by atoms with Crippen molar-refractivity contribution in [3.63, 3.8) is 0 Å². The summed E-state index contributed by atoms with van der Waals surface area (Å²) in [6.07, 6.45) is 0. The summed E-state index contributed by atoms with van der Waals surface area (Å²) >= 11 is 0. The van der Waals surface area contributed by atoms with Crippen LogP contribution in [-0.4, -0.2) is 40.1 Å². The Morgan fingerprint density at radius 1 is 0.921 bits per heavy atom. The van der Waals surface area contributed by atoms with Gasteiger partial charge in [-0.05, 0) is 42.3 Å². The Hall–Kier alpha value is -4.78. The van der Waals surface area contributed by atoms with Crippen molar-refractivity contribution >= 4 is 0 Å². The summed E-state index contributed by atoms with van der Waals surface area (Å²) < 4.78 is 34.6. The summed E-state index contributed by atoms with van der Waals surface area (Å²) in [4.78, 5) is 14.1. The summed E-state index contributed by atoms with van der Waals surface area (Å²) in [7, 11) is 7.60. The SMILES string of the molecule is COc1ccc(Cn2c(C)cc3c(c2=O)[C@H](c2cc(OC)c(OC)c(OC)c2)C(C#N)=C(N)O3)cc1OC. The third kappa shape index (κ3) is 4.43. The van der Waals surface area contributed by atoms with E-state index in [1.165, 1.54) is 21.3 Å². The molecule has 0 unspecified atom stereocenters. The van der Waals surface area contributed by atoms with E-state index in [-0.39, 0.29) is 34.9 Å². The van der Waals surface area contributed by atoms with Gasteiger partial charge in [-0.3, -0.25) is 4.79 Å². The van der Waals surface area contributed by atoms with Crippen LogP contribution in [0.15, 0.2) is 52.6 Å². The van der Waals surface area contributed by atoms with Crippen LogP contribution in [0.5, 0.6) is 34.5 Å². The van der Waals surface area contributed by atoms with Gasteiger partial charge in [0.15, 0.2) is 23.0 Å². The van der Waals surface area contributed by atoms with Crippen LogP contribution in [0.3, 0.4) is 0 Å². The number of rotatable bonds is 8. The van der Waals surface area contributed by atoms with E-state index in [4.69, 9.17) is 34.2 Å². The van der Waals surface area contributed by atoms with Crippen LogP contribution in [-0.2, 0) is 6.54 Å². The average molecular weight is 520 g/mol. The molecule has 0 radical (unpaired) electrons. The number of pyridine rings is 1. The smallest absolute Gasteiger partial charge is 0.259 e. The largest absolute Gasteiger partial charge is 0.493 e. The predicted molar refractivity (Wildman–Crippen MR) is 139 cm³/mol. The number of methoxy groups -OCH3 is 5. The number of ether oxygens (including phenoxy) is 6. The van der Waals surface area contributed by atoms with Crippen molar-refractivity contribution in [3.05, 3.63) is 80.6 Å². The quantitative estimate of drug-likeness (QED) is 0.476. The highest BCUT2D eigenvalue weighted by molar-refractivity contribution is 5.61. The lowest BCUT2D eigenvalue weighted by atomic mass is 9.83. The van der Waals surface area contributed by atoms with Gasteiger partial charge in [-0.2, -0.15) is 5.26 Å². The average Bonchev–Trinajstić information content (AvgIpc) is 2.93. The van der Waals surface area contributed by atoms with Gasteiger partial charge < -0.3 is 38.7 Å². The van der Waals surface area contributed by atoms with E-state index < -0.39 is 5.92 Å². The third-order valence-corrected chi connectivity index (χ3v) is 6.50. The summed E-state index contributed by atoms with van der Waals surface area (Å²) in [5, 5.41) is 10.0. The molecule has 198 valence electrons. The lowest BCUT2D eigenvalue weighted by Crippen LogP contribution is -2.33. The lowest BCUT2D eigenvalue weighted by molar-refractivity contribution is 0.323. The molecule has 10 heteroatoms. The minimum absolute atomic E-state index is 0.0739. The standard InChI is InChI=1S/C28H29N3O7/c1-15-9-21-25(28(32)31(15)14-16-7-8-19(33-2)20(10-16)34-3)24(18(13-29)27(30)38-21)17-11-22(35-4)26(37-6)23(12-17)36-5/h7-12,24H,14,30H2,1-6H3/t24-/m1/s1. The van der Waals surface area contributed by atoms with Crippen LogP contribution in [0.25, 0.3) is 0 Å². The number of fused-ring (bicyclic) bond motifs is 1. The van der Waals surface area contributed by atoms with Crippen molar-refractivity contribution in [3.8, 4) is 40.6 Å². The molecule has 0 spiro atoms. The van der Waals surface area contributed by atoms with Crippen LogP contribution in [0.1, 0.15) is 28.3 Å². The van der Waals surface area contributed by atoms with Crippen LogP contribution in [0, 0.1) is 18.3 Å². The minimum atomic E-state index is -0.831. The molecule has 2 heterocycles. The molecule has 1 aliphatic heterocycles. The Morgan fingerprint density at radius 2 is 1.55 bits per heavy atom. The van der Waals surface area contributed by atoms with Crippen molar-refractivity contribution in [1.82, 2.24) is 4.57 Å². The van der Waals surface area contributed by atoms with Crippen molar-refractivity contribution in [2.75, 3.05) is 35.5 Å². The lowest BCUT2D eigenvalue weighted by Gasteiger charge is -2.28. The van der Waals surface area contributed by atoms with Crippen molar-refractivity contribution in [2.24, 2.45) is 5.73 Å². The highest BCUT2D eigenvalue weighted by Gasteiger charge is 2.35. The van der Waals surface area contributed by atoms with E-state index in [1.807, 2.05) is 12.1 Å². The number of nitriles is 1. The molecule has 2 aromatic carbocycles. The number of allylic oxidation sites excluding steroid dienone is 1. The molecule has 2 N–H and O–H groups in total. The fourth-order valence-corrected chi connectivity index (χ4v) is 4.65. The van der Waals surface area contributed by atoms with Crippen LogP contribution < -0.4 is 39.7 Å². The van der Waals surface area contributed by atoms with E-state index in [1.54, 1.807) is 50.0 Å².